The van der Waals surface area contributed by atoms with Gasteiger partial charge in [-0.2, -0.15) is 0 Å². The lowest BCUT2D eigenvalue weighted by molar-refractivity contribution is 0.0938. The van der Waals surface area contributed by atoms with Gasteiger partial charge in [0.05, 0.1) is 14.2 Å². The Bertz CT molecular complexity index is 686. The van der Waals surface area contributed by atoms with Crippen molar-refractivity contribution in [2.75, 3.05) is 19.5 Å². The third-order valence-corrected chi connectivity index (χ3v) is 2.97. The maximum atomic E-state index is 11.9. The topological polar surface area (TPSA) is 88.7 Å². The van der Waals surface area contributed by atoms with E-state index in [1.165, 1.54) is 7.11 Å². The Morgan fingerprint density at radius 2 is 1.57 bits per heavy atom. The van der Waals surface area contributed by atoms with Gasteiger partial charge in [0.25, 0.3) is 5.91 Å². The van der Waals surface area contributed by atoms with Gasteiger partial charge in [-0.15, -0.1) is 0 Å². The van der Waals surface area contributed by atoms with E-state index in [4.69, 9.17) is 9.47 Å². The van der Waals surface area contributed by atoms with Crippen LogP contribution in [0.3, 0.4) is 0 Å². The lowest BCUT2D eigenvalue weighted by Gasteiger charge is -2.10. The Kier molecular flexibility index (Phi) is 5.40. The molecular weight excluding hydrogens is 298 g/mol. The first-order valence-electron chi connectivity index (χ1n) is 6.78. The molecule has 0 radical (unpaired) electrons. The van der Waals surface area contributed by atoms with Crippen LogP contribution >= 0.6 is 0 Å². The Morgan fingerprint density at radius 3 is 2.22 bits per heavy atom. The Hall–Kier alpha value is -3.22. The van der Waals surface area contributed by atoms with Crippen molar-refractivity contribution in [3.05, 3.63) is 54.1 Å². The van der Waals surface area contributed by atoms with E-state index in [1.54, 1.807) is 55.6 Å². The summed E-state index contributed by atoms with van der Waals surface area (Å²) < 4.78 is 10.1. The van der Waals surface area contributed by atoms with E-state index in [1.807, 2.05) is 0 Å². The van der Waals surface area contributed by atoms with Gasteiger partial charge in [0.15, 0.2) is 0 Å². The zero-order valence-electron chi connectivity index (χ0n) is 12.8. The number of nitrogens with one attached hydrogen (secondary N) is 3. The number of amides is 3. The molecule has 0 saturated carbocycles. The fraction of sp³-hybridized carbons (Fsp3) is 0.125. The first-order valence-corrected chi connectivity index (χ1v) is 6.78. The van der Waals surface area contributed by atoms with Crippen LogP contribution in [-0.2, 0) is 0 Å². The van der Waals surface area contributed by atoms with Crippen LogP contribution in [0.5, 0.6) is 11.5 Å². The Morgan fingerprint density at radius 1 is 0.870 bits per heavy atom. The molecule has 2 aromatic carbocycles. The molecule has 0 atom stereocenters. The molecule has 23 heavy (non-hydrogen) atoms. The molecule has 0 unspecified atom stereocenters. The van der Waals surface area contributed by atoms with Crippen molar-refractivity contribution in [3.63, 3.8) is 0 Å². The lowest BCUT2D eigenvalue weighted by Crippen LogP contribution is -2.43. The van der Waals surface area contributed by atoms with E-state index in [0.717, 1.165) is 0 Å². The lowest BCUT2D eigenvalue weighted by atomic mass is 10.2. The fourth-order valence-corrected chi connectivity index (χ4v) is 1.79. The highest BCUT2D eigenvalue weighted by Gasteiger charge is 2.08. The van der Waals surface area contributed by atoms with Crippen LogP contribution in [0.15, 0.2) is 48.5 Å². The normalized spacial score (nSPS) is 9.65. The summed E-state index contributed by atoms with van der Waals surface area (Å²) in [4.78, 5) is 23.6. The van der Waals surface area contributed by atoms with Crippen LogP contribution in [0.25, 0.3) is 0 Å². The average Bonchev–Trinajstić information content (AvgIpc) is 2.60. The van der Waals surface area contributed by atoms with Gasteiger partial charge >= 0.3 is 6.03 Å². The monoisotopic (exact) mass is 315 g/mol. The highest BCUT2D eigenvalue weighted by molar-refractivity contribution is 5.97. The number of anilines is 1. The maximum absolute atomic E-state index is 11.9. The van der Waals surface area contributed by atoms with E-state index in [9.17, 15) is 9.59 Å². The summed E-state index contributed by atoms with van der Waals surface area (Å²) in [5.74, 6) is 0.823. The molecule has 0 aliphatic heterocycles. The Balaban J connectivity index is 1.86. The molecule has 3 amide bonds. The van der Waals surface area contributed by atoms with Crippen molar-refractivity contribution >= 4 is 17.6 Å². The molecule has 0 aliphatic rings. The molecule has 3 N–H and O–H groups in total. The van der Waals surface area contributed by atoms with Crippen LogP contribution in [0.2, 0.25) is 0 Å². The number of hydrogen-bond donors (Lipinski definition) is 3. The molecule has 0 bridgehead atoms. The summed E-state index contributed by atoms with van der Waals surface area (Å²) in [6.45, 7) is 0. The highest BCUT2D eigenvalue weighted by atomic mass is 16.5. The van der Waals surface area contributed by atoms with Gasteiger partial charge in [-0.05, 0) is 36.4 Å². The maximum Gasteiger partial charge on any atom is 0.337 e. The number of ether oxygens (including phenoxy) is 2. The summed E-state index contributed by atoms with van der Waals surface area (Å²) >= 11 is 0. The SMILES string of the molecule is COc1ccc(C(=O)NNC(=O)Nc2cccc(OC)c2)cc1. The van der Waals surface area contributed by atoms with E-state index < -0.39 is 11.9 Å². The number of carbonyl (C=O) groups is 2. The molecule has 0 saturated heterocycles. The number of rotatable bonds is 4. The standard InChI is InChI=1S/C16H17N3O4/c1-22-13-8-6-11(7-9-13)15(20)18-19-16(21)17-12-4-3-5-14(10-12)23-2/h3-10H,1-2H3,(H,18,20)(H2,17,19,21). The van der Waals surface area contributed by atoms with Gasteiger partial charge in [-0.3, -0.25) is 10.2 Å². The van der Waals surface area contributed by atoms with Crippen molar-refractivity contribution < 1.29 is 19.1 Å². The van der Waals surface area contributed by atoms with Crippen molar-refractivity contribution in [1.82, 2.24) is 10.9 Å². The molecule has 0 aromatic heterocycles. The summed E-state index contributed by atoms with van der Waals surface area (Å²) in [7, 11) is 3.08. The summed E-state index contributed by atoms with van der Waals surface area (Å²) in [5.41, 5.74) is 5.52. The highest BCUT2D eigenvalue weighted by Crippen LogP contribution is 2.16. The van der Waals surface area contributed by atoms with Gasteiger partial charge in [0.1, 0.15) is 11.5 Å². The van der Waals surface area contributed by atoms with Gasteiger partial charge in [0, 0.05) is 17.3 Å². The zero-order valence-corrected chi connectivity index (χ0v) is 12.8. The predicted molar refractivity (Wildman–Crippen MR) is 85.6 cm³/mol. The van der Waals surface area contributed by atoms with Gasteiger partial charge in [-0.1, -0.05) is 6.07 Å². The van der Waals surface area contributed by atoms with E-state index in [0.29, 0.717) is 22.7 Å². The molecule has 120 valence electrons. The number of hydrogen-bond acceptors (Lipinski definition) is 4. The van der Waals surface area contributed by atoms with Crippen LogP contribution in [0, 0.1) is 0 Å². The molecule has 2 aromatic rings. The van der Waals surface area contributed by atoms with Crippen molar-refractivity contribution in [2.45, 2.75) is 0 Å². The average molecular weight is 315 g/mol. The second-order valence-corrected chi connectivity index (χ2v) is 4.49. The van der Waals surface area contributed by atoms with Crippen LogP contribution < -0.4 is 25.6 Å². The first kappa shape index (κ1) is 16.2. The van der Waals surface area contributed by atoms with Crippen LogP contribution in [-0.4, -0.2) is 26.2 Å². The zero-order chi connectivity index (χ0) is 16.7. The minimum absolute atomic E-state index is 0.396. The van der Waals surface area contributed by atoms with E-state index in [2.05, 4.69) is 16.2 Å². The number of hydrazine groups is 1. The quantitative estimate of drug-likeness (QED) is 0.754. The molecule has 7 nitrogen and oxygen atoms in total. The summed E-state index contributed by atoms with van der Waals surface area (Å²) in [6, 6.07) is 12.8. The van der Waals surface area contributed by atoms with Crippen LogP contribution in [0.1, 0.15) is 10.4 Å². The molecular formula is C16H17N3O4. The smallest absolute Gasteiger partial charge is 0.337 e. The van der Waals surface area contributed by atoms with E-state index >= 15 is 0 Å². The van der Waals surface area contributed by atoms with Gasteiger partial charge in [0.2, 0.25) is 0 Å². The third-order valence-electron chi connectivity index (χ3n) is 2.97. The van der Waals surface area contributed by atoms with Crippen molar-refractivity contribution in [2.24, 2.45) is 0 Å². The number of benzene rings is 2. The molecule has 7 heteroatoms. The number of urea groups is 1. The summed E-state index contributed by atoms with van der Waals surface area (Å²) in [6.07, 6.45) is 0. The first-order chi connectivity index (χ1) is 11.1. The van der Waals surface area contributed by atoms with Crippen molar-refractivity contribution in [3.8, 4) is 11.5 Å². The number of carbonyl (C=O) groups excluding carboxylic acids is 2. The van der Waals surface area contributed by atoms with Crippen LogP contribution in [0.4, 0.5) is 10.5 Å². The molecule has 0 fully saturated rings. The van der Waals surface area contributed by atoms with Gasteiger partial charge in [-0.25, -0.2) is 10.2 Å². The molecule has 2 rings (SSSR count). The second kappa shape index (κ2) is 7.69. The summed E-state index contributed by atoms with van der Waals surface area (Å²) in [5, 5.41) is 2.58. The van der Waals surface area contributed by atoms with Gasteiger partial charge < -0.3 is 14.8 Å². The number of methoxy groups -OCH3 is 2. The molecule has 0 aliphatic carbocycles. The minimum Gasteiger partial charge on any atom is -0.497 e. The largest absolute Gasteiger partial charge is 0.497 e. The van der Waals surface area contributed by atoms with Crippen molar-refractivity contribution in [1.29, 1.82) is 0 Å². The third kappa shape index (κ3) is 4.63. The second-order valence-electron chi connectivity index (χ2n) is 4.49. The molecule has 0 spiro atoms. The van der Waals surface area contributed by atoms with E-state index in [-0.39, 0.29) is 0 Å². The molecule has 0 heterocycles. The fourth-order valence-electron chi connectivity index (χ4n) is 1.79. The Labute approximate surface area is 133 Å². The predicted octanol–water partition coefficient (Wildman–Crippen LogP) is 2.17. The minimum atomic E-state index is -0.569.